The van der Waals surface area contributed by atoms with Crippen LogP contribution in [0, 0.1) is 11.7 Å². The predicted molar refractivity (Wildman–Crippen MR) is 120 cm³/mol. The molecule has 3 aromatic rings. The molecule has 0 bridgehead atoms. The van der Waals surface area contributed by atoms with Gasteiger partial charge in [0.25, 0.3) is 10.0 Å². The highest BCUT2D eigenvalue weighted by Crippen LogP contribution is 2.37. The van der Waals surface area contributed by atoms with Gasteiger partial charge in [0.15, 0.2) is 5.03 Å². The third-order valence-corrected chi connectivity index (χ3v) is 7.87. The van der Waals surface area contributed by atoms with E-state index in [4.69, 9.17) is 11.6 Å². The van der Waals surface area contributed by atoms with Gasteiger partial charge in [0, 0.05) is 38.8 Å². The maximum atomic E-state index is 13.5. The Hall–Kier alpha value is -2.63. The molecule has 6 nitrogen and oxygen atoms in total. The van der Waals surface area contributed by atoms with E-state index in [1.807, 2.05) is 0 Å². The number of hydrogen-bond acceptors (Lipinski definition) is 4. The molecule has 182 valence electrons. The van der Waals surface area contributed by atoms with Crippen molar-refractivity contribution in [1.82, 2.24) is 13.9 Å². The molecule has 34 heavy (non-hydrogen) atoms. The molecule has 1 aliphatic heterocycles. The highest BCUT2D eigenvalue weighted by atomic mass is 35.5. The number of rotatable bonds is 6. The second-order valence-corrected chi connectivity index (χ2v) is 10.5. The molecule has 1 fully saturated rings. The van der Waals surface area contributed by atoms with E-state index >= 15 is 0 Å². The van der Waals surface area contributed by atoms with Crippen molar-refractivity contribution < 1.29 is 26.0 Å². The quantitative estimate of drug-likeness (QED) is 0.480. The van der Waals surface area contributed by atoms with E-state index in [0.717, 1.165) is 17.7 Å². The Morgan fingerprint density at radius 3 is 2.44 bits per heavy atom. The number of halogens is 5. The fraction of sp³-hybridized carbons (Fsp3) is 0.318. The highest BCUT2D eigenvalue weighted by Gasteiger charge is 2.41. The molecular weight excluding hydrogens is 496 g/mol. The van der Waals surface area contributed by atoms with E-state index in [2.05, 4.69) is 10.3 Å². The van der Waals surface area contributed by atoms with Crippen LogP contribution in [0.15, 0.2) is 60.0 Å². The first kappa shape index (κ1) is 24.5. The Balaban J connectivity index is 1.58. The summed E-state index contributed by atoms with van der Waals surface area (Å²) < 4.78 is 81.3. The summed E-state index contributed by atoms with van der Waals surface area (Å²) in [5.74, 6) is -0.951. The van der Waals surface area contributed by atoms with Crippen LogP contribution in [-0.4, -0.2) is 41.9 Å². The summed E-state index contributed by atoms with van der Waals surface area (Å²) in [6.07, 6.45) is -1.70. The monoisotopic (exact) mass is 516 g/mol. The average molecular weight is 517 g/mol. The van der Waals surface area contributed by atoms with E-state index in [-0.39, 0.29) is 41.5 Å². The number of hydrogen-bond donors (Lipinski definition) is 1. The predicted octanol–water partition coefficient (Wildman–Crippen LogP) is 4.75. The number of imidazole rings is 1. The van der Waals surface area contributed by atoms with Crippen molar-refractivity contribution in [2.24, 2.45) is 13.0 Å². The summed E-state index contributed by atoms with van der Waals surface area (Å²) in [6.45, 7) is 0.533. The van der Waals surface area contributed by atoms with Gasteiger partial charge in [-0.05, 0) is 41.8 Å². The molecule has 0 unspecified atom stereocenters. The van der Waals surface area contributed by atoms with Gasteiger partial charge in [-0.15, -0.1) is 0 Å². The van der Waals surface area contributed by atoms with Crippen molar-refractivity contribution in [2.45, 2.75) is 17.1 Å². The smallest absolute Gasteiger partial charge is 0.383 e. The Labute approximate surface area is 199 Å². The number of sulfonamides is 1. The van der Waals surface area contributed by atoms with Gasteiger partial charge in [-0.25, -0.2) is 17.8 Å². The topological polar surface area (TPSA) is 67.2 Å². The zero-order chi connectivity index (χ0) is 24.7. The van der Waals surface area contributed by atoms with Crippen LogP contribution in [0.2, 0.25) is 5.02 Å². The lowest BCUT2D eigenvalue weighted by atomic mass is 9.89. The lowest BCUT2D eigenvalue weighted by Crippen LogP contribution is -2.30. The van der Waals surface area contributed by atoms with Crippen molar-refractivity contribution >= 4 is 27.3 Å². The highest BCUT2D eigenvalue weighted by molar-refractivity contribution is 7.89. The molecule has 4 rings (SSSR count). The molecule has 1 aromatic heterocycles. The molecule has 2 heterocycles. The zero-order valence-corrected chi connectivity index (χ0v) is 19.5. The van der Waals surface area contributed by atoms with Crippen molar-refractivity contribution in [3.63, 3.8) is 0 Å². The van der Waals surface area contributed by atoms with Gasteiger partial charge in [0.05, 0.1) is 22.6 Å². The summed E-state index contributed by atoms with van der Waals surface area (Å²) in [7, 11) is -2.20. The fourth-order valence-electron chi connectivity index (χ4n) is 4.05. The minimum absolute atomic E-state index is 0.0766. The second kappa shape index (κ2) is 9.20. The van der Waals surface area contributed by atoms with Crippen LogP contribution in [0.25, 0.3) is 0 Å². The third kappa shape index (κ3) is 5.06. The van der Waals surface area contributed by atoms with Crippen LogP contribution in [0.5, 0.6) is 0 Å². The normalized spacial score (nSPS) is 19.5. The Bertz CT molecular complexity index is 1280. The molecule has 0 spiro atoms. The minimum Gasteiger partial charge on any atom is -0.383 e. The molecule has 2 atom stereocenters. The lowest BCUT2D eigenvalue weighted by Gasteiger charge is -2.20. The van der Waals surface area contributed by atoms with Gasteiger partial charge in [-0.2, -0.15) is 17.5 Å². The van der Waals surface area contributed by atoms with E-state index in [9.17, 15) is 26.0 Å². The van der Waals surface area contributed by atoms with E-state index < -0.39 is 27.6 Å². The van der Waals surface area contributed by atoms with Gasteiger partial charge in [-0.1, -0.05) is 23.7 Å². The Kier molecular flexibility index (Phi) is 6.63. The molecule has 0 saturated carbocycles. The summed E-state index contributed by atoms with van der Waals surface area (Å²) in [6, 6.07) is 8.84. The van der Waals surface area contributed by atoms with Crippen LogP contribution in [0.3, 0.4) is 0 Å². The van der Waals surface area contributed by atoms with Crippen molar-refractivity contribution in [2.75, 3.05) is 25.0 Å². The van der Waals surface area contributed by atoms with Crippen LogP contribution in [0.1, 0.15) is 17.0 Å². The third-order valence-electron chi connectivity index (χ3n) is 5.84. The second-order valence-electron chi connectivity index (χ2n) is 8.19. The zero-order valence-electron chi connectivity index (χ0n) is 17.9. The molecule has 12 heteroatoms. The molecular formula is C22H21ClF4N4O2S. The van der Waals surface area contributed by atoms with Crippen LogP contribution in [-0.2, 0) is 23.2 Å². The Morgan fingerprint density at radius 1 is 1.15 bits per heavy atom. The molecule has 2 aromatic carbocycles. The molecule has 1 aliphatic rings. The van der Waals surface area contributed by atoms with Crippen molar-refractivity contribution in [3.8, 4) is 0 Å². The summed E-state index contributed by atoms with van der Waals surface area (Å²) in [5.41, 5.74) is 0.199. The average Bonchev–Trinajstić information content (AvgIpc) is 3.40. The van der Waals surface area contributed by atoms with Gasteiger partial charge >= 0.3 is 6.18 Å². The van der Waals surface area contributed by atoms with Crippen LogP contribution >= 0.6 is 11.6 Å². The minimum atomic E-state index is -4.51. The number of aryl methyl sites for hydroxylation is 1. The Morgan fingerprint density at radius 2 is 1.85 bits per heavy atom. The number of nitrogens with one attached hydrogen (secondary N) is 1. The maximum absolute atomic E-state index is 13.5. The summed E-state index contributed by atoms with van der Waals surface area (Å²) >= 11 is 6.05. The molecule has 0 amide bonds. The lowest BCUT2D eigenvalue weighted by molar-refractivity contribution is -0.137. The SMILES string of the molecule is Cn1cnc(S(=O)(=O)N2C[C@H](CNc3ccc(C(F)(F)F)cc3Cl)[C@@H](c3ccc(F)cc3)C2)c1. The molecule has 0 radical (unpaired) electrons. The number of aromatic nitrogens is 2. The molecule has 1 N–H and O–H groups in total. The van der Waals surface area contributed by atoms with Gasteiger partial charge in [0.2, 0.25) is 0 Å². The van der Waals surface area contributed by atoms with E-state index in [1.165, 1.54) is 39.6 Å². The molecule has 1 saturated heterocycles. The maximum Gasteiger partial charge on any atom is 0.416 e. The van der Waals surface area contributed by atoms with Gasteiger partial charge in [-0.3, -0.25) is 0 Å². The van der Waals surface area contributed by atoms with E-state index in [0.29, 0.717) is 5.69 Å². The largest absolute Gasteiger partial charge is 0.416 e. The first-order chi connectivity index (χ1) is 15.9. The number of anilines is 1. The standard InChI is InChI=1S/C22H21ClF4N4O2S/c1-30-12-21(29-13-30)34(32,33)31-10-15(18(11-31)14-2-5-17(24)6-3-14)9-28-20-7-4-16(8-19(20)23)22(25,26)27/h2-8,12-13,15,18,28H,9-11H2,1H3/t15-,18+/m0/s1. The first-order valence-corrected chi connectivity index (χ1v) is 12.1. The van der Waals surface area contributed by atoms with E-state index in [1.54, 1.807) is 19.2 Å². The van der Waals surface area contributed by atoms with Gasteiger partial charge in [0.1, 0.15) is 5.82 Å². The van der Waals surface area contributed by atoms with Crippen molar-refractivity contribution in [1.29, 1.82) is 0 Å². The number of nitrogens with zero attached hydrogens (tertiary/aromatic N) is 3. The number of alkyl halides is 3. The van der Waals surface area contributed by atoms with Crippen LogP contribution in [0.4, 0.5) is 23.2 Å². The fourth-order valence-corrected chi connectivity index (χ4v) is 5.79. The summed E-state index contributed by atoms with van der Waals surface area (Å²) in [4.78, 5) is 3.96. The molecule has 0 aliphatic carbocycles. The van der Waals surface area contributed by atoms with Gasteiger partial charge < -0.3 is 9.88 Å². The van der Waals surface area contributed by atoms with Crippen molar-refractivity contribution in [3.05, 3.63) is 77.0 Å². The summed E-state index contributed by atoms with van der Waals surface area (Å²) in [5, 5.41) is 2.88. The number of benzene rings is 2. The van der Waals surface area contributed by atoms with Crippen LogP contribution < -0.4 is 5.32 Å². The first-order valence-electron chi connectivity index (χ1n) is 10.3.